The zero-order valence-electron chi connectivity index (χ0n) is 20.3. The van der Waals surface area contributed by atoms with E-state index in [1.165, 1.54) is 18.1 Å². The predicted molar refractivity (Wildman–Crippen MR) is 131 cm³/mol. The maximum Gasteiger partial charge on any atom is 0.165 e. The third-order valence-electron chi connectivity index (χ3n) is 7.37. The van der Waals surface area contributed by atoms with Gasteiger partial charge in [0, 0.05) is 20.2 Å². The Hall–Kier alpha value is -2.15. The molecule has 1 saturated heterocycles. The lowest BCUT2D eigenvalue weighted by Crippen LogP contribution is -2.39. The van der Waals surface area contributed by atoms with Gasteiger partial charge in [0.2, 0.25) is 0 Å². The fourth-order valence-electron chi connectivity index (χ4n) is 5.08. The molecule has 2 fully saturated rings. The molecule has 2 aromatic carbocycles. The molecule has 1 aliphatic carbocycles. The van der Waals surface area contributed by atoms with Crippen molar-refractivity contribution in [3.05, 3.63) is 59.9 Å². The number of hydrogen-bond acceptors (Lipinski definition) is 5. The summed E-state index contributed by atoms with van der Waals surface area (Å²) in [6.45, 7) is 3.44. The SMILES string of the molecule is COC1(COc2ccccc2F)CCCN(Cc2ccc(OCC3(O)CCCCC3)cc2)CC1. The highest BCUT2D eigenvalue weighted by Gasteiger charge is 2.34. The maximum absolute atomic E-state index is 14.0. The molecule has 186 valence electrons. The van der Waals surface area contributed by atoms with Crippen molar-refractivity contribution in [2.75, 3.05) is 33.4 Å². The summed E-state index contributed by atoms with van der Waals surface area (Å²) in [6.07, 6.45) is 7.72. The van der Waals surface area contributed by atoms with Gasteiger partial charge >= 0.3 is 0 Å². The second-order valence-corrected chi connectivity index (χ2v) is 9.95. The number of para-hydroxylation sites is 1. The molecule has 2 aromatic rings. The summed E-state index contributed by atoms with van der Waals surface area (Å²) in [6, 6.07) is 14.7. The van der Waals surface area contributed by atoms with Crippen LogP contribution in [0.5, 0.6) is 11.5 Å². The van der Waals surface area contributed by atoms with Crippen molar-refractivity contribution in [1.29, 1.82) is 0 Å². The first-order chi connectivity index (χ1) is 16.5. The van der Waals surface area contributed by atoms with Crippen molar-refractivity contribution in [2.45, 2.75) is 69.1 Å². The molecule has 34 heavy (non-hydrogen) atoms. The lowest BCUT2D eigenvalue weighted by atomic mass is 9.85. The summed E-state index contributed by atoms with van der Waals surface area (Å²) in [5, 5.41) is 10.6. The molecule has 1 atom stereocenters. The molecule has 1 heterocycles. The van der Waals surface area contributed by atoms with Crippen LogP contribution in [0.4, 0.5) is 4.39 Å². The molecule has 0 radical (unpaired) electrons. The van der Waals surface area contributed by atoms with E-state index in [-0.39, 0.29) is 11.6 Å². The van der Waals surface area contributed by atoms with Crippen molar-refractivity contribution < 1.29 is 23.7 Å². The molecule has 1 saturated carbocycles. The molecule has 1 unspecified atom stereocenters. The van der Waals surface area contributed by atoms with Crippen LogP contribution in [0.25, 0.3) is 0 Å². The van der Waals surface area contributed by atoms with Crippen LogP contribution in [-0.2, 0) is 11.3 Å². The highest BCUT2D eigenvalue weighted by molar-refractivity contribution is 5.27. The van der Waals surface area contributed by atoms with Crippen LogP contribution >= 0.6 is 0 Å². The van der Waals surface area contributed by atoms with Gasteiger partial charge < -0.3 is 19.3 Å². The van der Waals surface area contributed by atoms with Gasteiger partial charge in [0.15, 0.2) is 11.6 Å². The van der Waals surface area contributed by atoms with E-state index in [1.54, 1.807) is 25.3 Å². The quantitative estimate of drug-likeness (QED) is 0.534. The average Bonchev–Trinajstić information content (AvgIpc) is 3.06. The van der Waals surface area contributed by atoms with Crippen LogP contribution in [0.1, 0.15) is 56.9 Å². The summed E-state index contributed by atoms with van der Waals surface area (Å²) in [5.74, 6) is 0.740. The van der Waals surface area contributed by atoms with Crippen LogP contribution in [0.2, 0.25) is 0 Å². The zero-order valence-corrected chi connectivity index (χ0v) is 20.3. The third kappa shape index (κ3) is 6.71. The summed E-state index contributed by atoms with van der Waals surface area (Å²) in [7, 11) is 1.73. The number of halogens is 1. The van der Waals surface area contributed by atoms with E-state index in [0.29, 0.717) is 13.2 Å². The van der Waals surface area contributed by atoms with E-state index < -0.39 is 11.2 Å². The Balaban J connectivity index is 1.27. The van der Waals surface area contributed by atoms with Gasteiger partial charge in [-0.15, -0.1) is 0 Å². The molecule has 1 N–H and O–H groups in total. The van der Waals surface area contributed by atoms with Crippen molar-refractivity contribution in [3.8, 4) is 11.5 Å². The third-order valence-corrected chi connectivity index (χ3v) is 7.37. The average molecular weight is 472 g/mol. The fourth-order valence-corrected chi connectivity index (χ4v) is 5.08. The number of ether oxygens (including phenoxy) is 3. The van der Waals surface area contributed by atoms with E-state index in [9.17, 15) is 9.50 Å². The Morgan fingerprint density at radius 2 is 1.62 bits per heavy atom. The molecule has 2 aliphatic rings. The maximum atomic E-state index is 14.0. The minimum Gasteiger partial charge on any atom is -0.491 e. The van der Waals surface area contributed by atoms with Crippen LogP contribution < -0.4 is 9.47 Å². The van der Waals surface area contributed by atoms with Crippen molar-refractivity contribution in [1.82, 2.24) is 4.90 Å². The summed E-state index contributed by atoms with van der Waals surface area (Å²) in [5.41, 5.74) is 0.150. The smallest absolute Gasteiger partial charge is 0.165 e. The van der Waals surface area contributed by atoms with Crippen LogP contribution in [0.15, 0.2) is 48.5 Å². The molecule has 6 heteroatoms. The predicted octanol–water partition coefficient (Wildman–Crippen LogP) is 5.35. The molecular weight excluding hydrogens is 433 g/mol. The summed E-state index contributed by atoms with van der Waals surface area (Å²) >= 11 is 0. The van der Waals surface area contributed by atoms with E-state index >= 15 is 0 Å². The number of hydrogen-bond donors (Lipinski definition) is 1. The van der Waals surface area contributed by atoms with Crippen LogP contribution in [-0.4, -0.2) is 54.6 Å². The van der Waals surface area contributed by atoms with Gasteiger partial charge in [-0.05, 0) is 68.5 Å². The Kier molecular flexibility index (Phi) is 8.46. The van der Waals surface area contributed by atoms with Crippen molar-refractivity contribution in [2.24, 2.45) is 0 Å². The zero-order chi connectivity index (χ0) is 23.9. The van der Waals surface area contributed by atoms with E-state index in [2.05, 4.69) is 17.0 Å². The molecule has 0 aromatic heterocycles. The summed E-state index contributed by atoms with van der Waals surface area (Å²) < 4.78 is 31.6. The standard InChI is InChI=1S/C28H38FNO4/c1-32-28(22-34-26-9-4-3-8-25(26)29)16-7-18-30(19-17-28)20-23-10-12-24(13-11-23)33-21-27(31)14-5-2-6-15-27/h3-4,8-13,31H,2,5-7,14-22H2,1H3. The summed E-state index contributed by atoms with van der Waals surface area (Å²) in [4.78, 5) is 2.43. The molecule has 0 spiro atoms. The topological polar surface area (TPSA) is 51.2 Å². The Morgan fingerprint density at radius 1 is 0.853 bits per heavy atom. The van der Waals surface area contributed by atoms with Crippen molar-refractivity contribution >= 4 is 0 Å². The molecule has 4 rings (SSSR count). The number of nitrogens with zero attached hydrogens (tertiary/aromatic N) is 1. The van der Waals surface area contributed by atoms with Gasteiger partial charge in [0.05, 0.1) is 5.60 Å². The normalized spacial score (nSPS) is 23.3. The first-order valence-corrected chi connectivity index (χ1v) is 12.6. The number of rotatable bonds is 9. The largest absolute Gasteiger partial charge is 0.491 e. The van der Waals surface area contributed by atoms with Gasteiger partial charge in [0.25, 0.3) is 0 Å². The van der Waals surface area contributed by atoms with E-state index in [0.717, 1.165) is 70.3 Å². The number of benzene rings is 2. The van der Waals surface area contributed by atoms with E-state index in [1.807, 2.05) is 12.1 Å². The highest BCUT2D eigenvalue weighted by atomic mass is 19.1. The highest BCUT2D eigenvalue weighted by Crippen LogP contribution is 2.30. The number of aliphatic hydroxyl groups is 1. The van der Waals surface area contributed by atoms with Crippen LogP contribution in [0, 0.1) is 5.82 Å². The first-order valence-electron chi connectivity index (χ1n) is 12.6. The van der Waals surface area contributed by atoms with Gasteiger partial charge in [-0.2, -0.15) is 0 Å². The number of likely N-dealkylation sites (tertiary alicyclic amines) is 1. The minimum atomic E-state index is -0.674. The fraction of sp³-hybridized carbons (Fsp3) is 0.571. The first kappa shape index (κ1) is 25.0. The minimum absolute atomic E-state index is 0.276. The molecule has 0 amide bonds. The second kappa shape index (κ2) is 11.5. The lowest BCUT2D eigenvalue weighted by molar-refractivity contribution is -0.0548. The lowest BCUT2D eigenvalue weighted by Gasteiger charge is -2.31. The second-order valence-electron chi connectivity index (χ2n) is 9.95. The van der Waals surface area contributed by atoms with Crippen molar-refractivity contribution in [3.63, 3.8) is 0 Å². The molecule has 5 nitrogen and oxygen atoms in total. The van der Waals surface area contributed by atoms with Gasteiger partial charge in [-0.25, -0.2) is 4.39 Å². The Morgan fingerprint density at radius 3 is 2.35 bits per heavy atom. The van der Waals surface area contributed by atoms with Gasteiger partial charge in [0.1, 0.15) is 24.6 Å². The Labute approximate surface area is 202 Å². The Bertz CT molecular complexity index is 900. The molecule has 1 aliphatic heterocycles. The monoisotopic (exact) mass is 471 g/mol. The molecule has 0 bridgehead atoms. The molecular formula is C28H38FNO4. The van der Waals surface area contributed by atoms with Crippen LogP contribution in [0.3, 0.4) is 0 Å². The number of methoxy groups -OCH3 is 1. The van der Waals surface area contributed by atoms with E-state index in [4.69, 9.17) is 14.2 Å². The van der Waals surface area contributed by atoms with Gasteiger partial charge in [-0.1, -0.05) is 43.5 Å². The van der Waals surface area contributed by atoms with Gasteiger partial charge in [-0.3, -0.25) is 4.90 Å².